The van der Waals surface area contributed by atoms with E-state index in [1.165, 1.54) is 18.2 Å². The van der Waals surface area contributed by atoms with Crippen molar-refractivity contribution in [2.75, 3.05) is 0 Å². The van der Waals surface area contributed by atoms with Crippen LogP contribution in [-0.4, -0.2) is 8.42 Å². The van der Waals surface area contributed by atoms with Crippen LogP contribution in [0.25, 0.3) is 11.0 Å². The van der Waals surface area contributed by atoms with Crippen LogP contribution in [0.1, 0.15) is 5.56 Å². The van der Waals surface area contributed by atoms with Gasteiger partial charge in [0.05, 0.1) is 5.39 Å². The second-order valence-electron chi connectivity index (χ2n) is 4.86. The van der Waals surface area contributed by atoms with E-state index in [2.05, 4.69) is 0 Å². The first-order chi connectivity index (χ1) is 10.4. The van der Waals surface area contributed by atoms with Crippen LogP contribution in [0.2, 0.25) is 0 Å². The summed E-state index contributed by atoms with van der Waals surface area (Å²) in [5, 5.41) is 0.142. The van der Waals surface area contributed by atoms with Crippen LogP contribution >= 0.6 is 0 Å². The van der Waals surface area contributed by atoms with Gasteiger partial charge in [0.1, 0.15) is 22.6 Å². The minimum atomic E-state index is -4.28. The van der Waals surface area contributed by atoms with Gasteiger partial charge in [-0.25, -0.2) is 12.8 Å². The van der Waals surface area contributed by atoms with Crippen molar-refractivity contribution in [3.05, 3.63) is 70.3 Å². The summed E-state index contributed by atoms with van der Waals surface area (Å²) in [5.41, 5.74) is 0.461. The lowest BCUT2D eigenvalue weighted by Crippen LogP contribution is -2.16. The zero-order chi connectivity index (χ0) is 15.9. The molecule has 3 aromatic rings. The molecule has 0 radical (unpaired) electrons. The third-order valence-corrected chi connectivity index (χ3v) is 5.08. The smallest absolute Gasteiger partial charge is 0.216 e. The molecule has 0 fully saturated rings. The van der Waals surface area contributed by atoms with Crippen LogP contribution in [-0.2, 0) is 9.84 Å². The molecule has 6 heteroatoms. The second kappa shape index (κ2) is 5.06. The van der Waals surface area contributed by atoms with Gasteiger partial charge in [0, 0.05) is 0 Å². The van der Waals surface area contributed by atoms with E-state index in [0.29, 0.717) is 0 Å². The van der Waals surface area contributed by atoms with Crippen molar-refractivity contribution in [2.24, 2.45) is 0 Å². The molecule has 0 aliphatic carbocycles. The Labute approximate surface area is 125 Å². The number of benzene rings is 2. The van der Waals surface area contributed by atoms with E-state index in [1.807, 2.05) is 6.92 Å². The van der Waals surface area contributed by atoms with Crippen molar-refractivity contribution < 1.29 is 17.2 Å². The highest BCUT2D eigenvalue weighted by molar-refractivity contribution is 7.91. The topological polar surface area (TPSA) is 64.3 Å². The summed E-state index contributed by atoms with van der Waals surface area (Å²) in [7, 11) is -4.28. The third kappa shape index (κ3) is 2.21. The van der Waals surface area contributed by atoms with E-state index in [-0.39, 0.29) is 11.0 Å². The molecule has 0 aliphatic heterocycles. The quantitative estimate of drug-likeness (QED) is 0.728. The van der Waals surface area contributed by atoms with Gasteiger partial charge in [0.15, 0.2) is 4.90 Å². The molecule has 0 saturated carbocycles. The van der Waals surface area contributed by atoms with E-state index in [0.717, 1.165) is 24.0 Å². The van der Waals surface area contributed by atoms with Crippen molar-refractivity contribution in [3.8, 4) is 0 Å². The summed E-state index contributed by atoms with van der Waals surface area (Å²) in [6.45, 7) is 1.82. The first-order valence-corrected chi connectivity index (χ1v) is 7.91. The Kier molecular flexibility index (Phi) is 3.33. The average molecular weight is 318 g/mol. The number of sulfone groups is 1. The minimum absolute atomic E-state index is 0.142. The number of fused-ring (bicyclic) bond motifs is 1. The Bertz CT molecular complexity index is 1040. The summed E-state index contributed by atoms with van der Waals surface area (Å²) >= 11 is 0. The van der Waals surface area contributed by atoms with Crippen molar-refractivity contribution >= 4 is 20.8 Å². The van der Waals surface area contributed by atoms with Gasteiger partial charge in [-0.3, -0.25) is 4.79 Å². The van der Waals surface area contributed by atoms with E-state index >= 15 is 0 Å². The molecule has 1 aromatic heterocycles. The van der Waals surface area contributed by atoms with Crippen molar-refractivity contribution in [2.45, 2.75) is 16.7 Å². The van der Waals surface area contributed by atoms with Crippen molar-refractivity contribution in [1.29, 1.82) is 0 Å². The summed E-state index contributed by atoms with van der Waals surface area (Å²) in [5.74, 6) is -0.911. The molecule has 0 spiro atoms. The normalized spacial score (nSPS) is 11.7. The zero-order valence-electron chi connectivity index (χ0n) is 11.5. The van der Waals surface area contributed by atoms with Crippen LogP contribution in [0.5, 0.6) is 0 Å². The van der Waals surface area contributed by atoms with Crippen LogP contribution < -0.4 is 5.43 Å². The summed E-state index contributed by atoms with van der Waals surface area (Å²) in [6.07, 6.45) is 0.867. The van der Waals surface area contributed by atoms with E-state index < -0.39 is 30.9 Å². The van der Waals surface area contributed by atoms with Crippen LogP contribution in [0.15, 0.2) is 67.7 Å². The molecule has 0 unspecified atom stereocenters. The van der Waals surface area contributed by atoms with Crippen molar-refractivity contribution in [3.63, 3.8) is 0 Å². The van der Waals surface area contributed by atoms with Gasteiger partial charge in [0.2, 0.25) is 15.3 Å². The zero-order valence-corrected chi connectivity index (χ0v) is 12.4. The molecular weight excluding hydrogens is 307 g/mol. The summed E-state index contributed by atoms with van der Waals surface area (Å²) in [6, 6.07) is 9.72. The first kappa shape index (κ1) is 14.5. The molecule has 0 amide bonds. The SMILES string of the molecule is Cc1ccc2c(=O)c(S(=O)(=O)c3ccccc3F)coc2c1. The second-order valence-corrected chi connectivity index (χ2v) is 6.75. The monoisotopic (exact) mass is 318 g/mol. The van der Waals surface area contributed by atoms with Gasteiger partial charge >= 0.3 is 0 Å². The number of aryl methyl sites for hydroxylation is 1. The molecule has 4 nitrogen and oxygen atoms in total. The highest BCUT2D eigenvalue weighted by Gasteiger charge is 2.26. The lowest BCUT2D eigenvalue weighted by molar-refractivity contribution is 0.553. The number of rotatable bonds is 2. The molecular formula is C16H11FO4S. The standard InChI is InChI=1S/C16H11FO4S/c1-10-6-7-11-13(8-10)21-9-15(16(11)18)22(19,20)14-5-3-2-4-12(14)17/h2-9H,1H3. The fourth-order valence-corrected chi connectivity index (χ4v) is 3.53. The maximum Gasteiger partial charge on any atom is 0.216 e. The Morgan fingerprint density at radius 3 is 2.50 bits per heavy atom. The summed E-state index contributed by atoms with van der Waals surface area (Å²) in [4.78, 5) is 11.3. The molecule has 22 heavy (non-hydrogen) atoms. The molecule has 1 heterocycles. The van der Waals surface area contributed by atoms with Gasteiger partial charge in [-0.2, -0.15) is 0 Å². The summed E-state index contributed by atoms with van der Waals surface area (Å²) < 4.78 is 44.0. The molecule has 0 saturated heterocycles. The van der Waals surface area contributed by atoms with E-state index in [1.54, 1.807) is 12.1 Å². The molecule has 112 valence electrons. The first-order valence-electron chi connectivity index (χ1n) is 6.43. The maximum absolute atomic E-state index is 13.8. The van der Waals surface area contributed by atoms with Gasteiger partial charge in [-0.05, 0) is 36.8 Å². The largest absolute Gasteiger partial charge is 0.463 e. The third-order valence-electron chi connectivity index (χ3n) is 3.31. The molecule has 3 rings (SSSR count). The molecule has 0 aliphatic rings. The lowest BCUT2D eigenvalue weighted by Gasteiger charge is -2.06. The Morgan fingerprint density at radius 2 is 1.77 bits per heavy atom. The van der Waals surface area contributed by atoms with Gasteiger partial charge in [-0.1, -0.05) is 18.2 Å². The molecule has 0 N–H and O–H groups in total. The van der Waals surface area contributed by atoms with Gasteiger partial charge in [-0.15, -0.1) is 0 Å². The predicted octanol–water partition coefficient (Wildman–Crippen LogP) is 3.07. The minimum Gasteiger partial charge on any atom is -0.463 e. The maximum atomic E-state index is 13.8. The van der Waals surface area contributed by atoms with Crippen LogP contribution in [0, 0.1) is 12.7 Å². The highest BCUT2D eigenvalue weighted by Crippen LogP contribution is 2.23. The number of hydrogen-bond acceptors (Lipinski definition) is 4. The van der Waals surface area contributed by atoms with Gasteiger partial charge < -0.3 is 4.42 Å². The fraction of sp³-hybridized carbons (Fsp3) is 0.0625. The Morgan fingerprint density at radius 1 is 1.05 bits per heavy atom. The average Bonchev–Trinajstić information content (AvgIpc) is 2.47. The predicted molar refractivity (Wildman–Crippen MR) is 79.1 cm³/mol. The van der Waals surface area contributed by atoms with Gasteiger partial charge in [0.25, 0.3) is 0 Å². The Hall–Kier alpha value is -2.47. The lowest BCUT2D eigenvalue weighted by atomic mass is 10.2. The van der Waals surface area contributed by atoms with E-state index in [9.17, 15) is 17.6 Å². The van der Waals surface area contributed by atoms with Crippen molar-refractivity contribution in [1.82, 2.24) is 0 Å². The molecule has 0 atom stereocenters. The number of halogens is 1. The molecule has 0 bridgehead atoms. The molecule has 2 aromatic carbocycles. The fourth-order valence-electron chi connectivity index (χ4n) is 2.18. The Balaban J connectivity index is 2.31. The highest BCUT2D eigenvalue weighted by atomic mass is 32.2. The van der Waals surface area contributed by atoms with E-state index in [4.69, 9.17) is 4.42 Å². The number of hydrogen-bond donors (Lipinski definition) is 0. The van der Waals surface area contributed by atoms with Crippen LogP contribution in [0.3, 0.4) is 0 Å². The van der Waals surface area contributed by atoms with Crippen LogP contribution in [0.4, 0.5) is 4.39 Å².